The highest BCUT2D eigenvalue weighted by Crippen LogP contribution is 2.21. The summed E-state index contributed by atoms with van der Waals surface area (Å²) in [5.41, 5.74) is 0.649. The molecule has 1 amide bonds. The van der Waals surface area contributed by atoms with Gasteiger partial charge in [-0.1, -0.05) is 0 Å². The number of carbonyl (C=O) groups excluding carboxylic acids is 1. The van der Waals surface area contributed by atoms with Crippen LogP contribution in [0, 0.1) is 0 Å². The van der Waals surface area contributed by atoms with E-state index in [2.05, 4.69) is 0 Å². The molecule has 0 bridgehead atoms. The molecule has 0 aromatic heterocycles. The molecule has 19 heavy (non-hydrogen) atoms. The average molecular weight is 263 g/mol. The predicted octanol–water partition coefficient (Wildman–Crippen LogP) is 2.07. The van der Waals surface area contributed by atoms with Gasteiger partial charge in [-0.25, -0.2) is 0 Å². The minimum atomic E-state index is -0.0286. The van der Waals surface area contributed by atoms with Crippen LogP contribution in [0.1, 0.15) is 37.0 Å². The minimum Gasteiger partial charge on any atom is -0.491 e. The lowest BCUT2D eigenvalue weighted by Gasteiger charge is -2.23. The molecule has 1 unspecified atom stereocenters. The highest BCUT2D eigenvalue weighted by atomic mass is 16.5. The summed E-state index contributed by atoms with van der Waals surface area (Å²) in [5.74, 6) is 0.763. The zero-order valence-electron chi connectivity index (χ0n) is 11.5. The first-order valence-electron chi connectivity index (χ1n) is 6.80. The van der Waals surface area contributed by atoms with Gasteiger partial charge in [0.25, 0.3) is 5.91 Å². The number of ether oxygens (including phenoxy) is 1. The first-order valence-corrected chi connectivity index (χ1v) is 6.80. The molecule has 4 heteroatoms. The number of aliphatic hydroxyl groups is 1. The molecule has 1 aromatic rings. The third kappa shape index (κ3) is 3.26. The van der Waals surface area contributed by atoms with Crippen LogP contribution in [0.25, 0.3) is 0 Å². The number of hydrogen-bond acceptors (Lipinski definition) is 3. The van der Waals surface area contributed by atoms with Crippen molar-refractivity contribution in [1.29, 1.82) is 0 Å². The van der Waals surface area contributed by atoms with E-state index in [1.165, 1.54) is 0 Å². The van der Waals surface area contributed by atoms with E-state index in [1.807, 2.05) is 26.0 Å². The monoisotopic (exact) mass is 263 g/mol. The van der Waals surface area contributed by atoms with Gasteiger partial charge in [0, 0.05) is 12.1 Å². The molecular formula is C15H21NO3. The standard InChI is InChI=1S/C15H21NO3/c1-11(2)19-14-7-5-12(6-8-14)15(18)16-9-3-4-13(16)10-17/h5-8,11,13,17H,3-4,9-10H2,1-2H3. The zero-order chi connectivity index (χ0) is 13.8. The molecule has 1 aliphatic rings. The summed E-state index contributed by atoms with van der Waals surface area (Å²) in [5, 5.41) is 9.26. The van der Waals surface area contributed by atoms with Gasteiger partial charge >= 0.3 is 0 Å². The van der Waals surface area contributed by atoms with Crippen LogP contribution in [0.15, 0.2) is 24.3 Å². The SMILES string of the molecule is CC(C)Oc1ccc(C(=O)N2CCCC2CO)cc1. The molecule has 1 aromatic carbocycles. The molecule has 1 N–H and O–H groups in total. The maximum Gasteiger partial charge on any atom is 0.254 e. The van der Waals surface area contributed by atoms with Crippen molar-refractivity contribution in [3.05, 3.63) is 29.8 Å². The molecule has 1 heterocycles. The van der Waals surface area contributed by atoms with Crippen LogP contribution in [0.3, 0.4) is 0 Å². The van der Waals surface area contributed by atoms with Crippen LogP contribution in [0.5, 0.6) is 5.75 Å². The number of likely N-dealkylation sites (tertiary alicyclic amines) is 1. The second-order valence-corrected chi connectivity index (χ2v) is 5.17. The van der Waals surface area contributed by atoms with Gasteiger partial charge in [-0.3, -0.25) is 4.79 Å². The van der Waals surface area contributed by atoms with E-state index < -0.39 is 0 Å². The number of benzene rings is 1. The van der Waals surface area contributed by atoms with Gasteiger partial charge < -0.3 is 14.7 Å². The van der Waals surface area contributed by atoms with Gasteiger partial charge in [-0.2, -0.15) is 0 Å². The molecule has 4 nitrogen and oxygen atoms in total. The first-order chi connectivity index (χ1) is 9.11. The summed E-state index contributed by atoms with van der Waals surface area (Å²) in [6.07, 6.45) is 1.97. The molecule has 2 rings (SSSR count). The Hall–Kier alpha value is -1.55. The highest BCUT2D eigenvalue weighted by molar-refractivity contribution is 5.94. The van der Waals surface area contributed by atoms with E-state index in [0.717, 1.165) is 25.1 Å². The number of rotatable bonds is 4. The number of amides is 1. The summed E-state index contributed by atoms with van der Waals surface area (Å²) in [6, 6.07) is 7.17. The fourth-order valence-electron chi connectivity index (χ4n) is 2.41. The van der Waals surface area contributed by atoms with Gasteiger partial charge in [0.2, 0.25) is 0 Å². The van der Waals surface area contributed by atoms with Gasteiger partial charge in [0.15, 0.2) is 0 Å². The zero-order valence-corrected chi connectivity index (χ0v) is 11.5. The van der Waals surface area contributed by atoms with Crippen molar-refractivity contribution in [1.82, 2.24) is 4.90 Å². The smallest absolute Gasteiger partial charge is 0.254 e. The Morgan fingerprint density at radius 2 is 2.11 bits per heavy atom. The molecule has 0 saturated carbocycles. The van der Waals surface area contributed by atoms with E-state index in [4.69, 9.17) is 4.74 Å². The summed E-state index contributed by atoms with van der Waals surface area (Å²) in [6.45, 7) is 4.71. The van der Waals surface area contributed by atoms with E-state index in [0.29, 0.717) is 5.56 Å². The first kappa shape index (κ1) is 13.9. The van der Waals surface area contributed by atoms with Crippen molar-refractivity contribution in [2.45, 2.75) is 38.8 Å². The highest BCUT2D eigenvalue weighted by Gasteiger charge is 2.28. The Morgan fingerprint density at radius 3 is 2.68 bits per heavy atom. The molecule has 104 valence electrons. The van der Waals surface area contributed by atoms with Crippen molar-refractivity contribution >= 4 is 5.91 Å². The van der Waals surface area contributed by atoms with Gasteiger partial charge in [0.1, 0.15) is 5.75 Å². The molecule has 1 aliphatic heterocycles. The quantitative estimate of drug-likeness (QED) is 0.904. The summed E-state index contributed by atoms with van der Waals surface area (Å²) < 4.78 is 5.55. The lowest BCUT2D eigenvalue weighted by atomic mass is 10.1. The second-order valence-electron chi connectivity index (χ2n) is 5.17. The van der Waals surface area contributed by atoms with Crippen molar-refractivity contribution in [2.24, 2.45) is 0 Å². The largest absolute Gasteiger partial charge is 0.491 e. The van der Waals surface area contributed by atoms with E-state index >= 15 is 0 Å². The van der Waals surface area contributed by atoms with Crippen LogP contribution in [-0.2, 0) is 0 Å². The molecule has 1 fully saturated rings. The van der Waals surface area contributed by atoms with Crippen LogP contribution >= 0.6 is 0 Å². The average Bonchev–Trinajstić information content (AvgIpc) is 2.86. The van der Waals surface area contributed by atoms with Crippen molar-refractivity contribution in [2.75, 3.05) is 13.2 Å². The molecule has 1 atom stereocenters. The number of carbonyl (C=O) groups is 1. The van der Waals surface area contributed by atoms with Crippen LogP contribution in [-0.4, -0.2) is 41.2 Å². The van der Waals surface area contributed by atoms with E-state index in [1.54, 1.807) is 17.0 Å². The topological polar surface area (TPSA) is 49.8 Å². The number of hydrogen-bond donors (Lipinski definition) is 1. The third-order valence-corrected chi connectivity index (χ3v) is 3.32. The minimum absolute atomic E-state index is 0.00681. The maximum atomic E-state index is 12.3. The lowest BCUT2D eigenvalue weighted by Crippen LogP contribution is -2.37. The summed E-state index contributed by atoms with van der Waals surface area (Å²) >= 11 is 0. The predicted molar refractivity (Wildman–Crippen MR) is 73.4 cm³/mol. The van der Waals surface area contributed by atoms with Crippen molar-refractivity contribution in [3.63, 3.8) is 0 Å². The number of nitrogens with zero attached hydrogens (tertiary/aromatic N) is 1. The van der Waals surface area contributed by atoms with Gasteiger partial charge in [-0.15, -0.1) is 0 Å². The summed E-state index contributed by atoms with van der Waals surface area (Å²) in [4.78, 5) is 14.1. The summed E-state index contributed by atoms with van der Waals surface area (Å²) in [7, 11) is 0. The Kier molecular flexibility index (Phi) is 4.43. The Labute approximate surface area is 114 Å². The molecule has 1 saturated heterocycles. The second kappa shape index (κ2) is 6.06. The lowest BCUT2D eigenvalue weighted by molar-refractivity contribution is 0.0677. The molecule has 0 radical (unpaired) electrons. The van der Waals surface area contributed by atoms with Crippen LogP contribution in [0.4, 0.5) is 0 Å². The van der Waals surface area contributed by atoms with Gasteiger partial charge in [-0.05, 0) is 51.0 Å². The fourth-order valence-corrected chi connectivity index (χ4v) is 2.41. The van der Waals surface area contributed by atoms with Crippen molar-refractivity contribution < 1.29 is 14.6 Å². The van der Waals surface area contributed by atoms with Crippen LogP contribution < -0.4 is 4.74 Å². The Bertz CT molecular complexity index is 428. The van der Waals surface area contributed by atoms with Gasteiger partial charge in [0.05, 0.1) is 18.8 Å². The molecule has 0 aliphatic carbocycles. The Balaban J connectivity index is 2.07. The number of aliphatic hydroxyl groups excluding tert-OH is 1. The molecular weight excluding hydrogens is 242 g/mol. The maximum absolute atomic E-state index is 12.3. The molecule has 0 spiro atoms. The van der Waals surface area contributed by atoms with E-state index in [9.17, 15) is 9.90 Å². The third-order valence-electron chi connectivity index (χ3n) is 3.32. The van der Waals surface area contributed by atoms with Crippen LogP contribution in [0.2, 0.25) is 0 Å². The normalized spacial score (nSPS) is 18.9. The van der Waals surface area contributed by atoms with Crippen molar-refractivity contribution in [3.8, 4) is 5.75 Å². The fraction of sp³-hybridized carbons (Fsp3) is 0.533. The van der Waals surface area contributed by atoms with E-state index in [-0.39, 0.29) is 24.7 Å². The Morgan fingerprint density at radius 1 is 1.42 bits per heavy atom.